The molecule has 10 aromatic rings. The minimum absolute atomic E-state index is 0.0102. The highest BCUT2D eigenvalue weighted by atomic mass is 19.2. The van der Waals surface area contributed by atoms with Crippen LogP contribution in [0.15, 0.2) is 73.1 Å². The molecule has 0 atom stereocenters. The summed E-state index contributed by atoms with van der Waals surface area (Å²) in [6, 6.07) is 15.2. The molecule has 4 aromatic carbocycles. The van der Waals surface area contributed by atoms with Crippen molar-refractivity contribution in [2.75, 3.05) is 0 Å². The first kappa shape index (κ1) is 30.4. The summed E-state index contributed by atoms with van der Waals surface area (Å²) in [6.07, 6.45) is 2.74. The SMILES string of the molecule is Fc1c(F)c(F)c(-c2c3ccn4c5nc6ccccc6c5c(-c5c(F)c(F)c(F)c(F)c5F)c5ccn(c6nc7ccccc7c26)c5c34)c(F)c1F. The zero-order valence-corrected chi connectivity index (χ0v) is 25.5. The number of nitrogens with zero attached hydrogens (tertiary/aromatic N) is 4. The van der Waals surface area contributed by atoms with Crippen molar-refractivity contribution in [2.45, 2.75) is 0 Å². The van der Waals surface area contributed by atoms with Gasteiger partial charge >= 0.3 is 0 Å². The lowest BCUT2D eigenvalue weighted by atomic mass is 9.96. The maximum Gasteiger partial charge on any atom is 0.200 e. The molecule has 0 saturated carbocycles. The molecule has 0 unspecified atom stereocenters. The van der Waals surface area contributed by atoms with Gasteiger partial charge in [0.05, 0.1) is 33.2 Å². The van der Waals surface area contributed by atoms with E-state index < -0.39 is 80.4 Å². The average molecular weight is 715 g/mol. The summed E-state index contributed by atoms with van der Waals surface area (Å²) in [5.74, 6) is -22.1. The molecule has 14 heteroatoms. The maximum atomic E-state index is 15.9. The van der Waals surface area contributed by atoms with E-state index in [-0.39, 0.29) is 65.7 Å². The van der Waals surface area contributed by atoms with Crippen molar-refractivity contribution in [3.05, 3.63) is 131 Å². The van der Waals surface area contributed by atoms with E-state index in [9.17, 15) is 26.3 Å². The van der Waals surface area contributed by atoms with Crippen LogP contribution in [-0.2, 0) is 0 Å². The first-order chi connectivity index (χ1) is 25.0. The lowest BCUT2D eigenvalue weighted by Crippen LogP contribution is -2.04. The van der Waals surface area contributed by atoms with Crippen molar-refractivity contribution >= 4 is 65.7 Å². The fourth-order valence-corrected chi connectivity index (χ4v) is 7.53. The van der Waals surface area contributed by atoms with Crippen LogP contribution in [0.2, 0.25) is 0 Å². The molecule has 0 amide bonds. The molecule has 0 aliphatic rings. The van der Waals surface area contributed by atoms with Crippen molar-refractivity contribution in [1.82, 2.24) is 18.8 Å². The molecule has 4 nitrogen and oxygen atoms in total. The van der Waals surface area contributed by atoms with E-state index in [1.54, 1.807) is 36.4 Å². The molecule has 0 saturated heterocycles. The lowest BCUT2D eigenvalue weighted by molar-refractivity contribution is 0.381. The average Bonchev–Trinajstić information content (AvgIpc) is 3.92. The Balaban J connectivity index is 1.59. The smallest absolute Gasteiger partial charge is 0.200 e. The molecule has 0 bridgehead atoms. The van der Waals surface area contributed by atoms with Crippen molar-refractivity contribution in [1.29, 1.82) is 0 Å². The van der Waals surface area contributed by atoms with Crippen LogP contribution in [0.5, 0.6) is 0 Å². The number of rotatable bonds is 2. The molecule has 10 rings (SSSR count). The molecule has 0 radical (unpaired) electrons. The van der Waals surface area contributed by atoms with Crippen LogP contribution in [0, 0.1) is 58.2 Å². The van der Waals surface area contributed by atoms with Crippen LogP contribution >= 0.6 is 0 Å². The van der Waals surface area contributed by atoms with Crippen LogP contribution in [0.3, 0.4) is 0 Å². The number of halogens is 10. The van der Waals surface area contributed by atoms with Crippen molar-refractivity contribution in [3.63, 3.8) is 0 Å². The minimum Gasteiger partial charge on any atom is -0.298 e. The molecule has 254 valence electrons. The van der Waals surface area contributed by atoms with Crippen LogP contribution in [0.1, 0.15) is 0 Å². The van der Waals surface area contributed by atoms with Crippen LogP contribution in [0.4, 0.5) is 43.9 Å². The summed E-state index contributed by atoms with van der Waals surface area (Å²) in [6.45, 7) is 0. The second-order valence-electron chi connectivity index (χ2n) is 12.2. The lowest BCUT2D eigenvalue weighted by Gasteiger charge is -2.10. The fraction of sp³-hybridized carbons (Fsp3) is 0. The van der Waals surface area contributed by atoms with E-state index in [0.29, 0.717) is 0 Å². The summed E-state index contributed by atoms with van der Waals surface area (Å²) >= 11 is 0. The van der Waals surface area contributed by atoms with Gasteiger partial charge in [0.2, 0.25) is 11.6 Å². The van der Waals surface area contributed by atoms with Gasteiger partial charge in [0, 0.05) is 55.8 Å². The number of hydrogen-bond donors (Lipinski definition) is 0. The fourth-order valence-electron chi connectivity index (χ4n) is 7.53. The monoisotopic (exact) mass is 714 g/mol. The standard InChI is InChI=1S/C38H12F10N4/c39-25-23(26(40)30(44)33(47)29(25)43)19-15-9-12-52-35(15)36-16(10-11-51(36)37-21(19)13-5-1-3-7-17(13)49-37)20(22-14-6-2-4-8-18(14)50-38(22)52)24-27(41)31(45)34(48)32(46)28(24)42/h1-12H. The number of aromatic nitrogens is 4. The highest BCUT2D eigenvalue weighted by Crippen LogP contribution is 2.49. The molecular formula is C38H12F10N4. The van der Waals surface area contributed by atoms with Crippen molar-refractivity contribution < 1.29 is 43.9 Å². The Morgan fingerprint density at radius 1 is 0.346 bits per heavy atom. The molecular weight excluding hydrogens is 702 g/mol. The van der Waals surface area contributed by atoms with Gasteiger partial charge in [-0.1, -0.05) is 36.4 Å². The van der Waals surface area contributed by atoms with E-state index in [4.69, 9.17) is 0 Å². The quantitative estimate of drug-likeness (QED) is 0.102. The number of benzene rings is 4. The van der Waals surface area contributed by atoms with E-state index in [1.165, 1.54) is 45.5 Å². The van der Waals surface area contributed by atoms with Gasteiger partial charge in [-0.15, -0.1) is 0 Å². The highest BCUT2D eigenvalue weighted by Gasteiger charge is 2.34. The Morgan fingerprint density at radius 2 is 0.673 bits per heavy atom. The van der Waals surface area contributed by atoms with E-state index in [2.05, 4.69) is 9.97 Å². The Bertz CT molecular complexity index is 2980. The Labute approximate surface area is 281 Å². The third-order valence-corrected chi connectivity index (χ3v) is 9.66. The maximum absolute atomic E-state index is 15.9. The van der Waals surface area contributed by atoms with Crippen molar-refractivity contribution in [3.8, 4) is 22.3 Å². The number of hydrogen-bond acceptors (Lipinski definition) is 2. The Kier molecular flexibility index (Phi) is 5.89. The van der Waals surface area contributed by atoms with Gasteiger partial charge in [0.1, 0.15) is 11.3 Å². The van der Waals surface area contributed by atoms with E-state index >= 15 is 17.6 Å². The molecule has 0 aliphatic heterocycles. The number of para-hydroxylation sites is 2. The molecule has 0 N–H and O–H groups in total. The van der Waals surface area contributed by atoms with Crippen LogP contribution in [0.25, 0.3) is 87.9 Å². The summed E-state index contributed by atoms with van der Waals surface area (Å²) in [7, 11) is 0. The van der Waals surface area contributed by atoms with Gasteiger partial charge in [-0.2, -0.15) is 0 Å². The topological polar surface area (TPSA) is 34.6 Å². The van der Waals surface area contributed by atoms with E-state index in [1.807, 2.05) is 0 Å². The minimum atomic E-state index is -2.37. The largest absolute Gasteiger partial charge is 0.298 e. The molecule has 6 heterocycles. The predicted octanol–water partition coefficient (Wildman–Crippen LogP) is 10.9. The molecule has 0 aliphatic carbocycles. The van der Waals surface area contributed by atoms with Gasteiger partial charge < -0.3 is 0 Å². The van der Waals surface area contributed by atoms with Crippen LogP contribution in [-0.4, -0.2) is 18.8 Å². The van der Waals surface area contributed by atoms with Gasteiger partial charge in [0.25, 0.3) is 0 Å². The number of fused-ring (bicyclic) bond motifs is 8. The molecule has 0 spiro atoms. The van der Waals surface area contributed by atoms with Crippen LogP contribution < -0.4 is 0 Å². The third kappa shape index (κ3) is 3.53. The molecule has 52 heavy (non-hydrogen) atoms. The first-order valence-corrected chi connectivity index (χ1v) is 15.3. The predicted molar refractivity (Wildman–Crippen MR) is 173 cm³/mol. The summed E-state index contributed by atoms with van der Waals surface area (Å²) < 4.78 is 155. The zero-order valence-electron chi connectivity index (χ0n) is 25.5. The Morgan fingerprint density at radius 3 is 1.04 bits per heavy atom. The van der Waals surface area contributed by atoms with E-state index in [0.717, 1.165) is 0 Å². The highest BCUT2D eigenvalue weighted by molar-refractivity contribution is 6.27. The summed E-state index contributed by atoms with van der Waals surface area (Å²) in [5, 5.41) is 0.154. The molecule has 0 fully saturated rings. The Hall–Kier alpha value is -6.44. The second kappa shape index (κ2) is 10.1. The normalized spacial score (nSPS) is 12.4. The van der Waals surface area contributed by atoms with Crippen molar-refractivity contribution in [2.24, 2.45) is 0 Å². The summed E-state index contributed by atoms with van der Waals surface area (Å²) in [5.41, 5.74) is -3.15. The first-order valence-electron chi connectivity index (χ1n) is 15.3. The molecule has 6 aromatic heterocycles. The van der Waals surface area contributed by atoms with Gasteiger partial charge in [0.15, 0.2) is 46.5 Å². The second-order valence-corrected chi connectivity index (χ2v) is 12.2. The van der Waals surface area contributed by atoms with Gasteiger partial charge in [-0.25, -0.2) is 53.9 Å². The van der Waals surface area contributed by atoms with Gasteiger partial charge in [-0.3, -0.25) is 8.80 Å². The van der Waals surface area contributed by atoms with Gasteiger partial charge in [-0.05, 0) is 24.3 Å². The third-order valence-electron chi connectivity index (χ3n) is 9.66. The zero-order chi connectivity index (χ0) is 36.1. The summed E-state index contributed by atoms with van der Waals surface area (Å²) in [4.78, 5) is 9.31.